The maximum Gasteiger partial charge on any atom is 0.264 e. The molecule has 29 heavy (non-hydrogen) atoms. The molecule has 2 aromatic heterocycles. The van der Waals surface area contributed by atoms with E-state index in [1.807, 2.05) is 17.7 Å². The van der Waals surface area contributed by atoms with E-state index in [0.717, 1.165) is 78.2 Å². The Kier molecular flexibility index (Phi) is 5.95. The number of thiophene rings is 1. The standard InChI is InChI=1S/C22H26N4OS.ClH/c1-15-19-11-20(21(27)25-9-7-17-12-23-13-18(17)8-10-25)28-22(19)26(24-15)14-16-5-3-2-4-6-16;/h2-6,11,17-18,23H,7-10,12-14H2,1H3;1H/t17-,18+;. The molecule has 2 fully saturated rings. The van der Waals surface area contributed by atoms with E-state index in [1.165, 1.54) is 5.56 Å². The normalized spacial score (nSPS) is 21.6. The Labute approximate surface area is 181 Å². The molecule has 0 bridgehead atoms. The molecule has 0 aliphatic carbocycles. The van der Waals surface area contributed by atoms with Gasteiger partial charge in [0.2, 0.25) is 0 Å². The molecule has 1 N–H and O–H groups in total. The van der Waals surface area contributed by atoms with Gasteiger partial charge in [-0.2, -0.15) is 5.10 Å². The van der Waals surface area contributed by atoms with Crippen molar-refractivity contribution in [2.75, 3.05) is 26.2 Å². The van der Waals surface area contributed by atoms with Crippen molar-refractivity contribution in [2.45, 2.75) is 26.3 Å². The van der Waals surface area contributed by atoms with Gasteiger partial charge in [-0.25, -0.2) is 0 Å². The van der Waals surface area contributed by atoms with E-state index in [2.05, 4.69) is 40.5 Å². The van der Waals surface area contributed by atoms with Crippen LogP contribution in [0, 0.1) is 18.8 Å². The first kappa shape index (κ1) is 20.4. The van der Waals surface area contributed by atoms with Crippen molar-refractivity contribution in [3.8, 4) is 0 Å². The third kappa shape index (κ3) is 3.93. The lowest BCUT2D eigenvalue weighted by Crippen LogP contribution is -2.32. The number of amides is 1. The molecule has 1 aromatic carbocycles. The van der Waals surface area contributed by atoms with Crippen molar-refractivity contribution in [1.82, 2.24) is 20.0 Å². The highest BCUT2D eigenvalue weighted by molar-refractivity contribution is 7.20. The fourth-order valence-corrected chi connectivity index (χ4v) is 5.79. The van der Waals surface area contributed by atoms with Crippen LogP contribution in [0.1, 0.15) is 33.8 Å². The lowest BCUT2D eigenvalue weighted by Gasteiger charge is -2.20. The number of carbonyl (C=O) groups is 1. The van der Waals surface area contributed by atoms with E-state index >= 15 is 0 Å². The largest absolute Gasteiger partial charge is 0.338 e. The Balaban J connectivity index is 0.00000205. The second kappa shape index (κ2) is 8.46. The van der Waals surface area contributed by atoms with Gasteiger partial charge in [-0.1, -0.05) is 30.3 Å². The molecule has 0 unspecified atom stereocenters. The number of nitrogens with zero attached hydrogens (tertiary/aromatic N) is 3. The van der Waals surface area contributed by atoms with E-state index in [-0.39, 0.29) is 18.3 Å². The maximum atomic E-state index is 13.2. The summed E-state index contributed by atoms with van der Waals surface area (Å²) in [6.45, 7) is 6.76. The van der Waals surface area contributed by atoms with Crippen molar-refractivity contribution in [1.29, 1.82) is 0 Å². The third-order valence-electron chi connectivity index (χ3n) is 6.30. The highest BCUT2D eigenvalue weighted by Gasteiger charge is 2.32. The molecule has 7 heteroatoms. The van der Waals surface area contributed by atoms with E-state index in [9.17, 15) is 4.79 Å². The summed E-state index contributed by atoms with van der Waals surface area (Å²) in [6, 6.07) is 12.4. The predicted molar refractivity (Wildman–Crippen MR) is 120 cm³/mol. The summed E-state index contributed by atoms with van der Waals surface area (Å²) in [5, 5.41) is 9.32. The molecule has 3 aromatic rings. The molecule has 5 nitrogen and oxygen atoms in total. The minimum absolute atomic E-state index is 0. The number of carbonyl (C=O) groups excluding carboxylic acids is 1. The van der Waals surface area contributed by atoms with Crippen molar-refractivity contribution < 1.29 is 4.79 Å². The lowest BCUT2D eigenvalue weighted by molar-refractivity contribution is 0.0763. The number of rotatable bonds is 3. The van der Waals surface area contributed by atoms with Gasteiger partial charge in [-0.05, 0) is 56.3 Å². The monoisotopic (exact) mass is 430 g/mol. The number of likely N-dealkylation sites (tertiary alicyclic amines) is 1. The average Bonchev–Trinajstić information content (AvgIpc) is 3.37. The Morgan fingerprint density at radius 3 is 2.55 bits per heavy atom. The SMILES string of the molecule is Cc1nn(Cc2ccccc2)c2sc(C(=O)N3CC[C@@H]4CNC[C@@H]4CC3)cc12.Cl. The smallest absolute Gasteiger partial charge is 0.264 e. The van der Waals surface area contributed by atoms with Crippen LogP contribution in [0.5, 0.6) is 0 Å². The molecule has 1 amide bonds. The number of fused-ring (bicyclic) bond motifs is 2. The van der Waals surface area contributed by atoms with Crippen LogP contribution in [-0.2, 0) is 6.54 Å². The molecule has 2 saturated heterocycles. The van der Waals surface area contributed by atoms with Gasteiger partial charge in [-0.15, -0.1) is 23.7 Å². The zero-order valence-corrected chi connectivity index (χ0v) is 18.3. The van der Waals surface area contributed by atoms with Crippen LogP contribution in [0.15, 0.2) is 36.4 Å². The number of benzene rings is 1. The Bertz CT molecular complexity index is 985. The van der Waals surface area contributed by atoms with Crippen molar-refractivity contribution in [3.63, 3.8) is 0 Å². The number of aryl methyl sites for hydroxylation is 1. The van der Waals surface area contributed by atoms with Gasteiger partial charge in [0.25, 0.3) is 5.91 Å². The predicted octanol–water partition coefficient (Wildman–Crippen LogP) is 3.95. The summed E-state index contributed by atoms with van der Waals surface area (Å²) in [5.74, 6) is 1.67. The van der Waals surface area contributed by atoms with Crippen molar-refractivity contribution in [2.24, 2.45) is 11.8 Å². The topological polar surface area (TPSA) is 50.2 Å². The Morgan fingerprint density at radius 1 is 1.17 bits per heavy atom. The van der Waals surface area contributed by atoms with Crippen LogP contribution in [-0.4, -0.2) is 46.8 Å². The molecule has 0 spiro atoms. The molecule has 4 heterocycles. The average molecular weight is 431 g/mol. The van der Waals surface area contributed by atoms with E-state index in [1.54, 1.807) is 11.3 Å². The van der Waals surface area contributed by atoms with Crippen LogP contribution < -0.4 is 5.32 Å². The van der Waals surface area contributed by atoms with Crippen LogP contribution in [0.25, 0.3) is 10.2 Å². The van der Waals surface area contributed by atoms with Gasteiger partial charge in [0.15, 0.2) is 0 Å². The van der Waals surface area contributed by atoms with Crippen LogP contribution in [0.2, 0.25) is 0 Å². The second-order valence-corrected chi connectivity index (χ2v) is 9.14. The first-order valence-electron chi connectivity index (χ1n) is 10.2. The molecule has 2 aliphatic rings. The third-order valence-corrected chi connectivity index (χ3v) is 7.44. The number of hydrogen-bond acceptors (Lipinski definition) is 4. The summed E-state index contributed by atoms with van der Waals surface area (Å²) in [6.07, 6.45) is 2.24. The van der Waals surface area contributed by atoms with E-state index < -0.39 is 0 Å². The second-order valence-electron chi connectivity index (χ2n) is 8.11. The van der Waals surface area contributed by atoms with Crippen molar-refractivity contribution >= 4 is 39.9 Å². The minimum atomic E-state index is 0. The minimum Gasteiger partial charge on any atom is -0.338 e. The van der Waals surface area contributed by atoms with Gasteiger partial charge >= 0.3 is 0 Å². The summed E-state index contributed by atoms with van der Waals surface area (Å²) in [4.78, 5) is 17.2. The Hall–Kier alpha value is -1.89. The van der Waals surface area contributed by atoms with Crippen LogP contribution in [0.3, 0.4) is 0 Å². The Morgan fingerprint density at radius 2 is 1.86 bits per heavy atom. The fraction of sp³-hybridized carbons (Fsp3) is 0.455. The van der Waals surface area contributed by atoms with Crippen LogP contribution >= 0.6 is 23.7 Å². The molecular weight excluding hydrogens is 404 g/mol. The van der Waals surface area contributed by atoms with Gasteiger partial charge < -0.3 is 10.2 Å². The highest BCUT2D eigenvalue weighted by atomic mass is 35.5. The highest BCUT2D eigenvalue weighted by Crippen LogP contribution is 2.32. The molecule has 2 atom stereocenters. The van der Waals surface area contributed by atoms with Gasteiger partial charge in [0, 0.05) is 18.5 Å². The van der Waals surface area contributed by atoms with Gasteiger partial charge in [0.05, 0.1) is 17.1 Å². The number of aromatic nitrogens is 2. The first-order chi connectivity index (χ1) is 13.7. The lowest BCUT2D eigenvalue weighted by atomic mass is 9.92. The molecular formula is C22H27ClN4OS. The summed E-state index contributed by atoms with van der Waals surface area (Å²) in [5.41, 5.74) is 2.22. The van der Waals surface area contributed by atoms with Gasteiger partial charge in [-0.3, -0.25) is 9.48 Å². The molecule has 5 rings (SSSR count). The zero-order chi connectivity index (χ0) is 19.1. The summed E-state index contributed by atoms with van der Waals surface area (Å²) >= 11 is 1.59. The van der Waals surface area contributed by atoms with Crippen LogP contribution in [0.4, 0.5) is 0 Å². The number of hydrogen-bond donors (Lipinski definition) is 1. The maximum absolute atomic E-state index is 13.2. The van der Waals surface area contributed by atoms with Gasteiger partial charge in [0.1, 0.15) is 4.83 Å². The quantitative estimate of drug-likeness (QED) is 0.684. The summed E-state index contributed by atoms with van der Waals surface area (Å²) in [7, 11) is 0. The number of nitrogens with one attached hydrogen (secondary N) is 1. The first-order valence-corrected chi connectivity index (χ1v) is 11.0. The zero-order valence-electron chi connectivity index (χ0n) is 16.6. The molecule has 0 radical (unpaired) electrons. The summed E-state index contributed by atoms with van der Waals surface area (Å²) < 4.78 is 2.04. The molecule has 0 saturated carbocycles. The molecule has 154 valence electrons. The van der Waals surface area contributed by atoms with Crippen molar-refractivity contribution in [3.05, 3.63) is 52.5 Å². The van der Waals surface area contributed by atoms with E-state index in [0.29, 0.717) is 0 Å². The van der Waals surface area contributed by atoms with E-state index in [4.69, 9.17) is 5.10 Å². The number of halogens is 1. The molecule has 2 aliphatic heterocycles. The fourth-order valence-electron chi connectivity index (χ4n) is 4.66.